The van der Waals surface area contributed by atoms with E-state index in [1.165, 1.54) is 30.0 Å². The lowest BCUT2D eigenvalue weighted by atomic mass is 9.78. The summed E-state index contributed by atoms with van der Waals surface area (Å²) in [5.41, 5.74) is 4.13. The minimum Gasteiger partial charge on any atom is -0.297 e. The van der Waals surface area contributed by atoms with E-state index in [1.54, 1.807) is 6.07 Å². The van der Waals surface area contributed by atoms with E-state index in [1.807, 2.05) is 0 Å². The maximum Gasteiger partial charge on any atom is 0.0587 e. The highest BCUT2D eigenvalue weighted by atomic mass is 35.5. The first-order valence-corrected chi connectivity index (χ1v) is 11.3. The van der Waals surface area contributed by atoms with Gasteiger partial charge in [-0.2, -0.15) is 5.26 Å². The first-order valence-electron chi connectivity index (χ1n) is 10.4. The molecule has 1 saturated carbocycles. The Kier molecular flexibility index (Phi) is 10.0. The lowest BCUT2D eigenvalue weighted by molar-refractivity contribution is 0.210. The Morgan fingerprint density at radius 3 is 2.17 bits per heavy atom. The van der Waals surface area contributed by atoms with Crippen LogP contribution < -0.4 is 0 Å². The van der Waals surface area contributed by atoms with E-state index in [9.17, 15) is 0 Å². The van der Waals surface area contributed by atoms with Gasteiger partial charge in [-0.15, -0.1) is 23.2 Å². The van der Waals surface area contributed by atoms with Crippen molar-refractivity contribution in [3.63, 3.8) is 0 Å². The first kappa shape index (κ1) is 23.7. The number of nitrogens with zero attached hydrogens (tertiary/aromatic N) is 2. The zero-order valence-electron chi connectivity index (χ0n) is 17.7. The second-order valence-corrected chi connectivity index (χ2v) is 8.99. The molecule has 0 amide bonds. The summed E-state index contributed by atoms with van der Waals surface area (Å²) in [7, 11) is 0. The molecule has 2 nitrogen and oxygen atoms in total. The fraction of sp³-hybridized carbons (Fsp3) is 0.480. The van der Waals surface area contributed by atoms with Crippen LogP contribution in [0.2, 0.25) is 0 Å². The van der Waals surface area contributed by atoms with E-state index in [0.29, 0.717) is 12.0 Å². The maximum absolute atomic E-state index is 7.32. The number of alkyl halides is 2. The highest BCUT2D eigenvalue weighted by molar-refractivity contribution is 6.31. The molecule has 1 aliphatic rings. The smallest absolute Gasteiger partial charge is 0.0587 e. The fourth-order valence-corrected chi connectivity index (χ4v) is 4.35. The van der Waals surface area contributed by atoms with Gasteiger partial charge in [-0.1, -0.05) is 54.6 Å². The molecule has 1 fully saturated rings. The normalized spacial score (nSPS) is 20.6. The number of nitriles is 1. The number of rotatable bonds is 8. The Bertz CT molecular complexity index is 753. The predicted octanol–water partition coefficient (Wildman–Crippen LogP) is 6.76. The Labute approximate surface area is 186 Å². The minimum absolute atomic E-state index is 0.0834. The summed E-state index contributed by atoms with van der Waals surface area (Å²) in [6.07, 6.45) is 3.29. The molecule has 0 bridgehead atoms. The lowest BCUT2D eigenvalue weighted by Gasteiger charge is -2.37. The van der Waals surface area contributed by atoms with E-state index >= 15 is 0 Å². The molecule has 2 aromatic rings. The van der Waals surface area contributed by atoms with Crippen LogP contribution in [0.1, 0.15) is 56.2 Å². The summed E-state index contributed by atoms with van der Waals surface area (Å²) in [6, 6.07) is 22.1. The molecule has 0 radical (unpaired) electrons. The van der Waals surface area contributed by atoms with Crippen LogP contribution in [0.3, 0.4) is 0 Å². The maximum atomic E-state index is 7.32. The molecular weight excluding hydrogens is 399 g/mol. The van der Waals surface area contributed by atoms with Crippen LogP contribution in [0.4, 0.5) is 0 Å². The van der Waals surface area contributed by atoms with Crippen LogP contribution in [-0.4, -0.2) is 28.2 Å². The van der Waals surface area contributed by atoms with Gasteiger partial charge >= 0.3 is 0 Å². The van der Waals surface area contributed by atoms with E-state index in [-0.39, 0.29) is 10.8 Å². The Morgan fingerprint density at radius 2 is 1.66 bits per heavy atom. The zero-order valence-corrected chi connectivity index (χ0v) is 19.2. The quantitative estimate of drug-likeness (QED) is 0.432. The average molecular weight is 431 g/mol. The number of hydrogen-bond acceptors (Lipinski definition) is 2. The summed E-state index contributed by atoms with van der Waals surface area (Å²) in [6.45, 7) is 8.14. The number of hydrogen-bond donors (Lipinski definition) is 0. The second-order valence-electron chi connectivity index (χ2n) is 7.92. The number of benzene rings is 2. The predicted molar refractivity (Wildman–Crippen MR) is 125 cm³/mol. The van der Waals surface area contributed by atoms with Crippen molar-refractivity contribution in [3.8, 4) is 6.07 Å². The molecule has 3 unspecified atom stereocenters. The van der Waals surface area contributed by atoms with Gasteiger partial charge in [0, 0.05) is 25.4 Å². The number of halogens is 2. The molecule has 1 aliphatic carbocycles. The van der Waals surface area contributed by atoms with Crippen molar-refractivity contribution in [2.45, 2.75) is 69.3 Å². The van der Waals surface area contributed by atoms with E-state index < -0.39 is 0 Å². The molecule has 0 aromatic heterocycles. The SMILES string of the molecule is CC#N.CC(C)N(CCCc1ccc(C2CC(Cl)C2Cl)cc1)Cc1ccccc1. The third-order valence-electron chi connectivity index (χ3n) is 5.49. The topological polar surface area (TPSA) is 27.0 Å². The molecule has 0 heterocycles. The Hall–Kier alpha value is -1.53. The fourth-order valence-electron chi connectivity index (χ4n) is 3.63. The Balaban J connectivity index is 0.000000941. The van der Waals surface area contributed by atoms with Gasteiger partial charge in [0.05, 0.1) is 16.8 Å². The van der Waals surface area contributed by atoms with Gasteiger partial charge in [-0.25, -0.2) is 0 Å². The van der Waals surface area contributed by atoms with Crippen molar-refractivity contribution < 1.29 is 0 Å². The van der Waals surface area contributed by atoms with Gasteiger partial charge in [-0.3, -0.25) is 4.90 Å². The van der Waals surface area contributed by atoms with Gasteiger partial charge in [0.1, 0.15) is 0 Å². The van der Waals surface area contributed by atoms with Crippen molar-refractivity contribution >= 4 is 23.2 Å². The van der Waals surface area contributed by atoms with Crippen LogP contribution in [-0.2, 0) is 13.0 Å². The van der Waals surface area contributed by atoms with E-state index in [4.69, 9.17) is 28.5 Å². The minimum atomic E-state index is 0.0834. The Morgan fingerprint density at radius 1 is 1.03 bits per heavy atom. The van der Waals surface area contributed by atoms with Crippen molar-refractivity contribution in [1.82, 2.24) is 4.90 Å². The summed E-state index contributed by atoms with van der Waals surface area (Å²) in [5.74, 6) is 0.426. The summed E-state index contributed by atoms with van der Waals surface area (Å²) >= 11 is 12.4. The van der Waals surface area contributed by atoms with Crippen molar-refractivity contribution in [2.24, 2.45) is 0 Å². The third kappa shape index (κ3) is 7.34. The second kappa shape index (κ2) is 12.2. The van der Waals surface area contributed by atoms with Gasteiger partial charge in [-0.05, 0) is 56.3 Å². The molecule has 0 aliphatic heterocycles. The molecule has 2 aromatic carbocycles. The lowest BCUT2D eigenvalue weighted by Crippen LogP contribution is -2.36. The van der Waals surface area contributed by atoms with Crippen LogP contribution in [0.25, 0.3) is 0 Å². The molecule has 0 spiro atoms. The van der Waals surface area contributed by atoms with Crippen LogP contribution in [0, 0.1) is 11.3 Å². The van der Waals surface area contributed by atoms with Gasteiger partial charge in [0.2, 0.25) is 0 Å². The standard InChI is InChI=1S/C23H29Cl2N.C2H3N/c1-17(2)26(16-19-7-4-3-5-8-19)14-6-9-18-10-12-20(13-11-18)21-15-22(24)23(21)25;1-2-3/h3-5,7-8,10-13,17,21-23H,6,9,14-16H2,1-2H3;1H3. The molecule has 3 rings (SSSR count). The largest absolute Gasteiger partial charge is 0.297 e. The van der Waals surface area contributed by atoms with E-state index in [0.717, 1.165) is 25.9 Å². The van der Waals surface area contributed by atoms with Crippen molar-refractivity contribution in [2.75, 3.05) is 6.54 Å². The molecule has 0 saturated heterocycles. The van der Waals surface area contributed by atoms with Gasteiger partial charge in [0.25, 0.3) is 0 Å². The molecule has 0 N–H and O–H groups in total. The highest BCUT2D eigenvalue weighted by Crippen LogP contribution is 2.44. The van der Waals surface area contributed by atoms with Crippen molar-refractivity contribution in [1.29, 1.82) is 5.26 Å². The molecule has 29 heavy (non-hydrogen) atoms. The van der Waals surface area contributed by atoms with Crippen LogP contribution >= 0.6 is 23.2 Å². The average Bonchev–Trinajstić information content (AvgIpc) is 2.73. The van der Waals surface area contributed by atoms with Gasteiger partial charge < -0.3 is 0 Å². The van der Waals surface area contributed by atoms with Crippen molar-refractivity contribution in [3.05, 3.63) is 71.3 Å². The van der Waals surface area contributed by atoms with Crippen LogP contribution in [0.15, 0.2) is 54.6 Å². The van der Waals surface area contributed by atoms with Gasteiger partial charge in [0.15, 0.2) is 0 Å². The number of aryl methyl sites for hydroxylation is 1. The third-order valence-corrected chi connectivity index (χ3v) is 6.67. The zero-order chi connectivity index (χ0) is 21.2. The molecular formula is C25H32Cl2N2. The summed E-state index contributed by atoms with van der Waals surface area (Å²) in [4.78, 5) is 2.55. The van der Waals surface area contributed by atoms with Crippen LogP contribution in [0.5, 0.6) is 0 Å². The monoisotopic (exact) mass is 430 g/mol. The first-order chi connectivity index (χ1) is 14.0. The van der Waals surface area contributed by atoms with E-state index in [2.05, 4.69) is 73.3 Å². The molecule has 4 heteroatoms. The molecule has 3 atom stereocenters. The summed E-state index contributed by atoms with van der Waals surface area (Å²) in [5, 5.41) is 7.54. The molecule has 156 valence electrons. The summed E-state index contributed by atoms with van der Waals surface area (Å²) < 4.78 is 0. The highest BCUT2D eigenvalue weighted by Gasteiger charge is 2.39.